The number of esters is 1. The lowest BCUT2D eigenvalue weighted by molar-refractivity contribution is -0.384. The summed E-state index contributed by atoms with van der Waals surface area (Å²) in [6, 6.07) is 11.9. The van der Waals surface area contributed by atoms with Gasteiger partial charge in [0.1, 0.15) is 17.9 Å². The fraction of sp³-hybridized carbons (Fsp3) is 0.111. The zero-order chi connectivity index (χ0) is 18.7. The van der Waals surface area contributed by atoms with Crippen molar-refractivity contribution in [3.63, 3.8) is 0 Å². The maximum absolute atomic E-state index is 12.0. The summed E-state index contributed by atoms with van der Waals surface area (Å²) in [6.07, 6.45) is 0. The van der Waals surface area contributed by atoms with Crippen LogP contribution >= 0.6 is 0 Å². The molecule has 0 fully saturated rings. The number of aryl methyl sites for hydroxylation is 1. The zero-order valence-corrected chi connectivity index (χ0v) is 13.7. The van der Waals surface area contributed by atoms with Gasteiger partial charge >= 0.3 is 11.6 Å². The third kappa shape index (κ3) is 3.86. The predicted molar refractivity (Wildman–Crippen MR) is 94.4 cm³/mol. The minimum absolute atomic E-state index is 0.0803. The molecule has 0 spiro atoms. The fourth-order valence-corrected chi connectivity index (χ4v) is 2.44. The van der Waals surface area contributed by atoms with E-state index in [4.69, 9.17) is 9.15 Å². The quantitative estimate of drug-likeness (QED) is 0.246. The Labute approximate surface area is 147 Å². The van der Waals surface area contributed by atoms with Crippen molar-refractivity contribution in [1.82, 2.24) is 0 Å². The Morgan fingerprint density at radius 1 is 1.23 bits per heavy atom. The number of nitrogens with zero attached hydrogens (tertiary/aromatic N) is 1. The number of fused-ring (bicyclic) bond motifs is 1. The monoisotopic (exact) mass is 354 g/mol. The molecule has 0 aliphatic rings. The standard InChI is InChI=1S/C18H14N2O6/c1-11-7-17(21)26-16-9-14(5-6-15(11)16)25-18(22)10-19-12-3-2-4-13(8-12)20(23)24/h2-9,19H,10H2,1H3. The summed E-state index contributed by atoms with van der Waals surface area (Å²) >= 11 is 0. The maximum Gasteiger partial charge on any atom is 0.336 e. The first-order chi connectivity index (χ1) is 12.4. The highest BCUT2D eigenvalue weighted by Gasteiger charge is 2.10. The Morgan fingerprint density at radius 3 is 2.81 bits per heavy atom. The Balaban J connectivity index is 1.68. The molecule has 0 saturated carbocycles. The van der Waals surface area contributed by atoms with Gasteiger partial charge in [-0.15, -0.1) is 0 Å². The van der Waals surface area contributed by atoms with Crippen LogP contribution in [0.3, 0.4) is 0 Å². The first-order valence-corrected chi connectivity index (χ1v) is 7.66. The molecule has 26 heavy (non-hydrogen) atoms. The molecular formula is C18H14N2O6. The number of nitrogens with one attached hydrogen (secondary N) is 1. The van der Waals surface area contributed by atoms with Crippen LogP contribution in [0.25, 0.3) is 11.0 Å². The first kappa shape index (κ1) is 17.2. The number of anilines is 1. The molecule has 0 saturated heterocycles. The van der Waals surface area contributed by atoms with Crippen molar-refractivity contribution in [3.05, 3.63) is 74.6 Å². The molecular weight excluding hydrogens is 340 g/mol. The number of non-ortho nitro benzene ring substituents is 1. The number of hydrogen-bond acceptors (Lipinski definition) is 7. The van der Waals surface area contributed by atoms with Crippen LogP contribution in [0.1, 0.15) is 5.56 Å². The van der Waals surface area contributed by atoms with E-state index < -0.39 is 16.5 Å². The van der Waals surface area contributed by atoms with Gasteiger partial charge in [-0.25, -0.2) is 9.59 Å². The molecule has 0 aliphatic heterocycles. The number of carbonyl (C=O) groups is 1. The highest BCUT2D eigenvalue weighted by Crippen LogP contribution is 2.22. The first-order valence-electron chi connectivity index (χ1n) is 7.66. The van der Waals surface area contributed by atoms with Gasteiger partial charge in [-0.05, 0) is 30.7 Å². The summed E-state index contributed by atoms with van der Waals surface area (Å²) in [6.45, 7) is 1.60. The Morgan fingerprint density at radius 2 is 2.04 bits per heavy atom. The summed E-state index contributed by atoms with van der Waals surface area (Å²) in [4.78, 5) is 33.6. The molecule has 132 valence electrons. The van der Waals surface area contributed by atoms with Crippen LogP contribution in [0.15, 0.2) is 57.7 Å². The number of nitro benzene ring substituents is 1. The van der Waals surface area contributed by atoms with Gasteiger partial charge in [-0.1, -0.05) is 6.07 Å². The molecule has 0 amide bonds. The third-order valence-corrected chi connectivity index (χ3v) is 3.65. The third-order valence-electron chi connectivity index (χ3n) is 3.65. The minimum atomic E-state index is -0.592. The SMILES string of the molecule is Cc1cc(=O)oc2cc(OC(=O)CNc3cccc([N+](=O)[O-])c3)ccc12. The van der Waals surface area contributed by atoms with Gasteiger partial charge in [-0.2, -0.15) is 0 Å². The van der Waals surface area contributed by atoms with Crippen molar-refractivity contribution >= 4 is 28.3 Å². The van der Waals surface area contributed by atoms with Crippen LogP contribution in [0.2, 0.25) is 0 Å². The van der Waals surface area contributed by atoms with E-state index in [1.165, 1.54) is 30.3 Å². The van der Waals surface area contributed by atoms with Gasteiger partial charge in [0.05, 0.1) is 4.92 Å². The average Bonchev–Trinajstić information content (AvgIpc) is 2.59. The lowest BCUT2D eigenvalue weighted by atomic mass is 10.1. The van der Waals surface area contributed by atoms with Gasteiger partial charge < -0.3 is 14.5 Å². The number of ether oxygens (including phenoxy) is 1. The van der Waals surface area contributed by atoms with Crippen molar-refractivity contribution in [2.75, 3.05) is 11.9 Å². The molecule has 8 nitrogen and oxygen atoms in total. The Bertz CT molecular complexity index is 1060. The zero-order valence-electron chi connectivity index (χ0n) is 13.7. The van der Waals surface area contributed by atoms with Gasteiger partial charge in [-0.3, -0.25) is 10.1 Å². The van der Waals surface area contributed by atoms with E-state index in [0.29, 0.717) is 11.3 Å². The number of carbonyl (C=O) groups excluding carboxylic acids is 1. The maximum atomic E-state index is 12.0. The number of nitro groups is 1. The Kier molecular flexibility index (Phi) is 4.66. The van der Waals surface area contributed by atoms with Gasteiger partial charge in [0, 0.05) is 35.3 Å². The van der Waals surface area contributed by atoms with Crippen molar-refractivity contribution in [2.45, 2.75) is 6.92 Å². The normalized spacial score (nSPS) is 10.5. The van der Waals surface area contributed by atoms with E-state index >= 15 is 0 Å². The van der Waals surface area contributed by atoms with Crippen molar-refractivity contribution in [3.8, 4) is 5.75 Å². The highest BCUT2D eigenvalue weighted by atomic mass is 16.6. The summed E-state index contributed by atoms with van der Waals surface area (Å²) < 4.78 is 10.3. The van der Waals surface area contributed by atoms with Gasteiger partial charge in [0.15, 0.2) is 0 Å². The largest absolute Gasteiger partial charge is 0.425 e. The molecule has 2 aromatic carbocycles. The molecule has 1 N–H and O–H groups in total. The topological polar surface area (TPSA) is 112 Å². The van der Waals surface area contributed by atoms with Crippen LogP contribution in [-0.2, 0) is 4.79 Å². The molecule has 0 aliphatic carbocycles. The fourth-order valence-electron chi connectivity index (χ4n) is 2.44. The smallest absolute Gasteiger partial charge is 0.336 e. The van der Waals surface area contributed by atoms with E-state index in [1.807, 2.05) is 0 Å². The molecule has 1 aromatic heterocycles. The molecule has 3 aromatic rings. The number of hydrogen-bond donors (Lipinski definition) is 1. The average molecular weight is 354 g/mol. The summed E-state index contributed by atoms with van der Waals surface area (Å²) in [5.41, 5.74) is 0.957. The second-order valence-corrected chi connectivity index (χ2v) is 5.54. The molecule has 0 unspecified atom stereocenters. The van der Waals surface area contributed by atoms with Crippen LogP contribution in [0, 0.1) is 17.0 Å². The highest BCUT2D eigenvalue weighted by molar-refractivity contribution is 5.83. The molecule has 0 bridgehead atoms. The molecule has 8 heteroatoms. The van der Waals surface area contributed by atoms with E-state index in [1.54, 1.807) is 25.1 Å². The molecule has 0 atom stereocenters. The van der Waals surface area contributed by atoms with Gasteiger partial charge in [0.25, 0.3) is 5.69 Å². The lowest BCUT2D eigenvalue weighted by Crippen LogP contribution is -2.19. The van der Waals surface area contributed by atoms with E-state index in [2.05, 4.69) is 5.32 Å². The van der Waals surface area contributed by atoms with Crippen LogP contribution in [0.5, 0.6) is 5.75 Å². The van der Waals surface area contributed by atoms with Crippen LogP contribution in [-0.4, -0.2) is 17.4 Å². The molecule has 0 radical (unpaired) electrons. The van der Waals surface area contributed by atoms with Crippen molar-refractivity contribution in [2.24, 2.45) is 0 Å². The van der Waals surface area contributed by atoms with Gasteiger partial charge in [0.2, 0.25) is 0 Å². The summed E-state index contributed by atoms with van der Waals surface area (Å²) in [5, 5.41) is 14.3. The van der Waals surface area contributed by atoms with Crippen molar-refractivity contribution in [1.29, 1.82) is 0 Å². The Hall–Kier alpha value is -3.68. The molecule has 3 rings (SSSR count). The van der Waals surface area contributed by atoms with E-state index in [9.17, 15) is 19.7 Å². The minimum Gasteiger partial charge on any atom is -0.425 e. The predicted octanol–water partition coefficient (Wildman–Crippen LogP) is 3.03. The van der Waals surface area contributed by atoms with E-state index in [-0.39, 0.29) is 18.0 Å². The summed E-state index contributed by atoms with van der Waals surface area (Å²) in [7, 11) is 0. The van der Waals surface area contributed by atoms with Crippen LogP contribution in [0.4, 0.5) is 11.4 Å². The van der Waals surface area contributed by atoms with Crippen LogP contribution < -0.4 is 15.7 Å². The van der Waals surface area contributed by atoms with Crippen molar-refractivity contribution < 1.29 is 18.9 Å². The summed E-state index contributed by atoms with van der Waals surface area (Å²) in [5.74, 6) is -0.358. The second kappa shape index (κ2) is 7.06. The number of benzene rings is 2. The lowest BCUT2D eigenvalue weighted by Gasteiger charge is -2.08. The molecule has 1 heterocycles. The number of rotatable bonds is 5. The van der Waals surface area contributed by atoms with E-state index in [0.717, 1.165) is 10.9 Å². The second-order valence-electron chi connectivity index (χ2n) is 5.54.